The Morgan fingerprint density at radius 1 is 0.667 bits per heavy atom. The minimum atomic E-state index is -0.853. The molecule has 4 amide bonds. The number of hydrogen-bond acceptors (Lipinski definition) is 10. The van der Waals surface area contributed by atoms with Crippen molar-refractivity contribution < 1.29 is 60.9 Å². The maximum atomic E-state index is 12.5. The third kappa shape index (κ3) is 15.2. The summed E-state index contributed by atoms with van der Waals surface area (Å²) < 4.78 is 50.6. The van der Waals surface area contributed by atoms with E-state index in [-0.39, 0.29) is 72.5 Å². The molecular weight excluding hydrogens is 885 g/mol. The van der Waals surface area contributed by atoms with Gasteiger partial charge in [0.25, 0.3) is 23.6 Å². The summed E-state index contributed by atoms with van der Waals surface area (Å²) in [5, 5.41) is 0.577. The second-order valence-corrected chi connectivity index (χ2v) is 13.9. The van der Waals surface area contributed by atoms with Gasteiger partial charge < -0.3 is 14.2 Å². The first kappa shape index (κ1) is 50.1. The third-order valence-electron chi connectivity index (χ3n) is 7.29. The number of carbonyl (C=O) groups excluding carboxylic acids is 7. The van der Waals surface area contributed by atoms with Crippen molar-refractivity contribution in [2.24, 2.45) is 5.92 Å². The Balaban J connectivity index is 0.000000390. The van der Waals surface area contributed by atoms with Gasteiger partial charge in [0.2, 0.25) is 0 Å². The van der Waals surface area contributed by atoms with Gasteiger partial charge in [-0.1, -0.05) is 56.1 Å². The molecule has 17 heteroatoms. The molecule has 2 aromatic carbocycles. The van der Waals surface area contributed by atoms with Gasteiger partial charge in [0.05, 0.1) is 73.1 Å². The molecule has 0 aliphatic carbocycles. The maximum absolute atomic E-state index is 12.5. The van der Waals surface area contributed by atoms with Crippen molar-refractivity contribution in [1.29, 1.82) is 0 Å². The molecule has 0 saturated carbocycles. The van der Waals surface area contributed by atoms with E-state index in [0.29, 0.717) is 46.1 Å². The molecule has 0 fully saturated rings. The average molecular weight is 931 g/mol. The minimum Gasteiger partial charge on any atom is -0.465 e. The largest absolute Gasteiger partial charge is 0.465 e. The van der Waals surface area contributed by atoms with Crippen molar-refractivity contribution in [3.8, 4) is 0 Å². The Labute approximate surface area is 346 Å². The van der Waals surface area contributed by atoms with Gasteiger partial charge in [-0.2, -0.15) is 0 Å². The van der Waals surface area contributed by atoms with Gasteiger partial charge in [0.15, 0.2) is 5.92 Å². The third-order valence-corrected chi connectivity index (χ3v) is 8.73. The monoisotopic (exact) mass is 928 g/mol. The van der Waals surface area contributed by atoms with Crippen molar-refractivity contribution in [3.63, 3.8) is 0 Å². The number of fused-ring (bicyclic) bond motifs is 2. The number of ether oxygens (including phenoxy) is 3. The summed E-state index contributed by atoms with van der Waals surface area (Å²) in [7, 11) is 0. The summed E-state index contributed by atoms with van der Waals surface area (Å²) in [5.41, 5.74) is 1.64. The van der Waals surface area contributed by atoms with Crippen LogP contribution >= 0.6 is 31.9 Å². The number of alkyl halides is 2. The molecule has 0 N–H and O–H groups in total. The van der Waals surface area contributed by atoms with E-state index in [0.717, 1.165) is 9.80 Å². The van der Waals surface area contributed by atoms with E-state index in [4.69, 9.17) is 9.47 Å². The summed E-state index contributed by atoms with van der Waals surface area (Å²) in [6.07, 6.45) is 1.06. The normalized spacial score (nSPS) is 14.2. The summed E-state index contributed by atoms with van der Waals surface area (Å²) in [4.78, 5) is 82.7. The Morgan fingerprint density at radius 2 is 1.02 bits per heavy atom. The lowest BCUT2D eigenvalue weighted by Crippen LogP contribution is -2.32. The standard InChI is InChI=1S/2C12H9BrFNO2.C10H18O4.C6H9FO2/c2*13-5-8(6-14)7-15-11(16)9-3-1-2-4-10(9)12(15)17;1-6-13-8(11)7(2)9(12)14-10(3,4)5;1-3-9-6(8)5(2)4-7/h2*1-4,6H,5,7H2;7H,6H2,1-5H3;4H,3H2,1-2H3/b8-6+;8-6-;;5-4-. The van der Waals surface area contributed by atoms with Crippen LogP contribution in [0.15, 0.2) is 84.2 Å². The first-order valence-corrected chi connectivity index (χ1v) is 19.5. The van der Waals surface area contributed by atoms with Crippen LogP contribution in [0.4, 0.5) is 13.2 Å². The predicted octanol–water partition coefficient (Wildman–Crippen LogP) is 8.01. The predicted molar refractivity (Wildman–Crippen MR) is 213 cm³/mol. The highest BCUT2D eigenvalue weighted by Crippen LogP contribution is 2.25. The Hall–Kier alpha value is -4.90. The number of imide groups is 2. The van der Waals surface area contributed by atoms with Crippen molar-refractivity contribution in [2.45, 2.75) is 54.1 Å². The van der Waals surface area contributed by atoms with E-state index in [1.54, 1.807) is 83.1 Å². The molecule has 4 rings (SSSR count). The van der Waals surface area contributed by atoms with Crippen LogP contribution < -0.4 is 0 Å². The molecule has 0 spiro atoms. The zero-order valence-electron chi connectivity index (χ0n) is 32.5. The van der Waals surface area contributed by atoms with E-state index in [2.05, 4.69) is 36.6 Å². The van der Waals surface area contributed by atoms with Crippen LogP contribution in [0.2, 0.25) is 0 Å². The molecule has 0 radical (unpaired) electrons. The molecule has 2 heterocycles. The first-order valence-electron chi connectivity index (χ1n) is 17.3. The molecule has 1 atom stereocenters. The number of halogens is 5. The number of amides is 4. The highest BCUT2D eigenvalue weighted by atomic mass is 79.9. The quantitative estimate of drug-likeness (QED) is 0.0541. The smallest absolute Gasteiger partial charge is 0.336 e. The van der Waals surface area contributed by atoms with Gasteiger partial charge in [0.1, 0.15) is 5.60 Å². The zero-order valence-corrected chi connectivity index (χ0v) is 35.7. The molecule has 0 bridgehead atoms. The van der Waals surface area contributed by atoms with Crippen LogP contribution in [0.3, 0.4) is 0 Å². The van der Waals surface area contributed by atoms with Crippen LogP contribution in [0, 0.1) is 5.92 Å². The van der Waals surface area contributed by atoms with Crippen LogP contribution in [0.25, 0.3) is 0 Å². The number of carbonyl (C=O) groups is 7. The second-order valence-electron chi connectivity index (χ2n) is 12.8. The molecule has 0 aromatic heterocycles. The van der Waals surface area contributed by atoms with Gasteiger partial charge in [-0.3, -0.25) is 38.6 Å². The van der Waals surface area contributed by atoms with Crippen molar-refractivity contribution in [2.75, 3.05) is 37.0 Å². The topological polar surface area (TPSA) is 154 Å². The molecule has 0 saturated heterocycles. The zero-order chi connectivity index (χ0) is 43.5. The van der Waals surface area contributed by atoms with E-state index in [1.807, 2.05) is 0 Å². The molecule has 12 nitrogen and oxygen atoms in total. The van der Waals surface area contributed by atoms with E-state index in [1.165, 1.54) is 13.8 Å². The van der Waals surface area contributed by atoms with Crippen LogP contribution in [-0.4, -0.2) is 93.9 Å². The SMILES string of the molecule is CCOC(=O)/C(C)=C\F.CCOC(=O)C(C)C(=O)OC(C)(C)C.O=C1c2ccccc2C(=O)N1C/C(=C/F)CBr.O=C1c2ccccc2C(=O)N1C/C(=C\F)CBr. The Morgan fingerprint density at radius 3 is 1.28 bits per heavy atom. The van der Waals surface area contributed by atoms with E-state index >= 15 is 0 Å². The number of benzene rings is 2. The number of nitrogens with zero attached hydrogens (tertiary/aromatic N) is 2. The lowest BCUT2D eigenvalue weighted by atomic mass is 10.1. The van der Waals surface area contributed by atoms with Gasteiger partial charge in [-0.25, -0.2) is 18.0 Å². The van der Waals surface area contributed by atoms with Gasteiger partial charge >= 0.3 is 17.9 Å². The second kappa shape index (κ2) is 24.7. The van der Waals surface area contributed by atoms with Gasteiger partial charge in [-0.05, 0) is 83.9 Å². The summed E-state index contributed by atoms with van der Waals surface area (Å²) >= 11 is 6.20. The van der Waals surface area contributed by atoms with E-state index < -0.39 is 29.4 Å². The summed E-state index contributed by atoms with van der Waals surface area (Å²) in [5.74, 6) is -4.01. The molecular formula is C40H45Br2F3N2O10. The molecule has 2 aromatic rings. The highest BCUT2D eigenvalue weighted by Gasteiger charge is 2.36. The Bertz CT molecular complexity index is 1710. The van der Waals surface area contributed by atoms with Gasteiger partial charge in [-0.15, -0.1) is 0 Å². The van der Waals surface area contributed by atoms with Crippen molar-refractivity contribution >= 4 is 73.4 Å². The fourth-order valence-corrected chi connectivity index (χ4v) is 5.03. The average Bonchev–Trinajstić information content (AvgIpc) is 3.58. The fourth-order valence-electron chi connectivity index (χ4n) is 4.43. The van der Waals surface area contributed by atoms with Crippen LogP contribution in [0.1, 0.15) is 89.9 Å². The summed E-state index contributed by atoms with van der Waals surface area (Å²) in [6, 6.07) is 13.2. The maximum Gasteiger partial charge on any atom is 0.336 e. The van der Waals surface area contributed by atoms with Crippen molar-refractivity contribution in [3.05, 3.63) is 106 Å². The fraction of sp³-hybridized carbons (Fsp3) is 0.375. The Kier molecular flexibility index (Phi) is 21.7. The van der Waals surface area contributed by atoms with Gasteiger partial charge in [0, 0.05) is 10.7 Å². The van der Waals surface area contributed by atoms with Crippen LogP contribution in [0.5, 0.6) is 0 Å². The highest BCUT2D eigenvalue weighted by molar-refractivity contribution is 9.09. The molecule has 57 heavy (non-hydrogen) atoms. The van der Waals surface area contributed by atoms with E-state index in [9.17, 15) is 46.7 Å². The lowest BCUT2D eigenvalue weighted by Gasteiger charge is -2.21. The van der Waals surface area contributed by atoms with Crippen molar-refractivity contribution in [1.82, 2.24) is 9.80 Å². The number of rotatable bonds is 11. The summed E-state index contributed by atoms with van der Waals surface area (Å²) in [6.45, 7) is 12.0. The lowest BCUT2D eigenvalue weighted by molar-refractivity contribution is -0.168. The first-order chi connectivity index (χ1) is 26.9. The molecule has 2 aliphatic rings. The molecule has 310 valence electrons. The minimum absolute atomic E-state index is 0.00292. The number of hydrogen-bond donors (Lipinski definition) is 0. The van der Waals surface area contributed by atoms with Crippen LogP contribution in [-0.2, 0) is 28.6 Å². The molecule has 1 unspecified atom stereocenters. The molecule has 2 aliphatic heterocycles. The number of esters is 3.